The third-order valence-corrected chi connectivity index (χ3v) is 3.81. The molecule has 0 radical (unpaired) electrons. The lowest BCUT2D eigenvalue weighted by Crippen LogP contribution is -2.46. The average molecular weight is 310 g/mol. The Morgan fingerprint density at radius 1 is 1.09 bits per heavy atom. The second kappa shape index (κ2) is 8.41. The minimum Gasteiger partial charge on any atom is -0.394 e. The molecule has 0 spiro atoms. The van der Waals surface area contributed by atoms with Crippen molar-refractivity contribution in [2.24, 2.45) is 0 Å². The van der Waals surface area contributed by atoms with Gasteiger partial charge in [-0.1, -0.05) is 36.8 Å². The van der Waals surface area contributed by atoms with Crippen LogP contribution in [0.4, 0.5) is 0 Å². The second-order valence-electron chi connectivity index (χ2n) is 5.61. The van der Waals surface area contributed by atoms with Gasteiger partial charge in [0.05, 0.1) is 6.61 Å². The van der Waals surface area contributed by atoms with E-state index in [2.05, 4.69) is 0 Å². The van der Waals surface area contributed by atoms with Crippen LogP contribution in [0.25, 0.3) is 6.08 Å². The van der Waals surface area contributed by atoms with Gasteiger partial charge in [-0.15, -0.1) is 0 Å². The first-order valence-electron chi connectivity index (χ1n) is 7.42. The molecule has 5 N–H and O–H groups in total. The minimum absolute atomic E-state index is 0.480. The number of hydrogen-bond acceptors (Lipinski definition) is 5. The summed E-state index contributed by atoms with van der Waals surface area (Å²) in [6.45, 7) is 5.10. The maximum absolute atomic E-state index is 10.2. The molecular formula is C17H26O5. The molecule has 0 fully saturated rings. The molecule has 0 aromatic heterocycles. The topological polar surface area (TPSA) is 101 Å². The van der Waals surface area contributed by atoms with Crippen molar-refractivity contribution in [3.8, 4) is 0 Å². The Hall–Kier alpha value is -1.24. The Morgan fingerprint density at radius 2 is 1.73 bits per heavy atom. The maximum Gasteiger partial charge on any atom is 0.112 e. The summed E-state index contributed by atoms with van der Waals surface area (Å²) >= 11 is 0. The zero-order valence-corrected chi connectivity index (χ0v) is 13.3. The van der Waals surface area contributed by atoms with Crippen molar-refractivity contribution >= 4 is 6.08 Å². The smallest absolute Gasteiger partial charge is 0.112 e. The number of aliphatic hydroxyl groups is 5. The molecule has 0 aliphatic carbocycles. The number of aryl methyl sites for hydroxylation is 2. The molecule has 4 atom stereocenters. The molecule has 124 valence electrons. The molecule has 0 aliphatic heterocycles. The monoisotopic (exact) mass is 310 g/mol. The van der Waals surface area contributed by atoms with E-state index in [0.717, 1.165) is 16.7 Å². The number of rotatable bonds is 7. The molecule has 22 heavy (non-hydrogen) atoms. The van der Waals surface area contributed by atoms with Crippen molar-refractivity contribution in [3.05, 3.63) is 40.5 Å². The van der Waals surface area contributed by atoms with Gasteiger partial charge in [0.15, 0.2) is 0 Å². The molecule has 1 aromatic rings. The SMILES string of the molecule is CC/C(=C\c1ccc(C)cc1C)C(O)[C@H](O)[C@H](O)[C@H](O)CO. The van der Waals surface area contributed by atoms with Crippen molar-refractivity contribution in [3.63, 3.8) is 0 Å². The normalized spacial score (nSPS) is 17.9. The predicted octanol–water partition coefficient (Wildman–Crippen LogP) is 0.533. The van der Waals surface area contributed by atoms with Gasteiger partial charge >= 0.3 is 0 Å². The number of hydrogen-bond donors (Lipinski definition) is 5. The van der Waals surface area contributed by atoms with Crippen molar-refractivity contribution < 1.29 is 25.5 Å². The van der Waals surface area contributed by atoms with Crippen LogP contribution in [0.3, 0.4) is 0 Å². The quantitative estimate of drug-likeness (QED) is 0.506. The lowest BCUT2D eigenvalue weighted by Gasteiger charge is -2.27. The van der Waals surface area contributed by atoms with E-state index in [1.54, 1.807) is 6.08 Å². The van der Waals surface area contributed by atoms with Crippen LogP contribution in [0.15, 0.2) is 23.8 Å². The first-order valence-corrected chi connectivity index (χ1v) is 7.42. The van der Waals surface area contributed by atoms with Gasteiger partial charge in [-0.05, 0) is 37.0 Å². The number of aliphatic hydroxyl groups excluding tert-OH is 5. The maximum atomic E-state index is 10.2. The van der Waals surface area contributed by atoms with E-state index in [1.807, 2.05) is 39.0 Å². The molecular weight excluding hydrogens is 284 g/mol. The fourth-order valence-corrected chi connectivity index (χ4v) is 2.33. The Bertz CT molecular complexity index is 512. The van der Waals surface area contributed by atoms with Crippen LogP contribution >= 0.6 is 0 Å². The van der Waals surface area contributed by atoms with E-state index in [9.17, 15) is 20.4 Å². The molecule has 1 rings (SSSR count). The molecule has 0 saturated carbocycles. The van der Waals surface area contributed by atoms with Gasteiger partial charge in [0.25, 0.3) is 0 Å². The van der Waals surface area contributed by atoms with E-state index in [4.69, 9.17) is 5.11 Å². The highest BCUT2D eigenvalue weighted by molar-refractivity contribution is 5.58. The van der Waals surface area contributed by atoms with Crippen LogP contribution in [-0.4, -0.2) is 56.6 Å². The number of benzene rings is 1. The van der Waals surface area contributed by atoms with Gasteiger partial charge in [-0.3, -0.25) is 0 Å². The highest BCUT2D eigenvalue weighted by atomic mass is 16.4. The fraction of sp³-hybridized carbons (Fsp3) is 0.529. The van der Waals surface area contributed by atoms with Crippen molar-refractivity contribution in [2.45, 2.75) is 51.6 Å². The highest BCUT2D eigenvalue weighted by Crippen LogP contribution is 2.21. The van der Waals surface area contributed by atoms with Gasteiger partial charge in [0.2, 0.25) is 0 Å². The first-order chi connectivity index (χ1) is 10.3. The van der Waals surface area contributed by atoms with Gasteiger partial charge < -0.3 is 25.5 Å². The first kappa shape index (κ1) is 18.8. The third-order valence-electron chi connectivity index (χ3n) is 3.81. The van der Waals surface area contributed by atoms with Crippen LogP contribution in [0.5, 0.6) is 0 Å². The average Bonchev–Trinajstić information content (AvgIpc) is 2.51. The molecule has 0 saturated heterocycles. The summed E-state index contributed by atoms with van der Waals surface area (Å²) in [6.07, 6.45) is -3.74. The fourth-order valence-electron chi connectivity index (χ4n) is 2.33. The summed E-state index contributed by atoms with van der Waals surface area (Å²) in [4.78, 5) is 0. The molecule has 0 bridgehead atoms. The molecule has 0 amide bonds. The zero-order valence-electron chi connectivity index (χ0n) is 13.3. The Balaban J connectivity index is 3.01. The molecule has 1 aromatic carbocycles. The van der Waals surface area contributed by atoms with Crippen molar-refractivity contribution in [1.82, 2.24) is 0 Å². The molecule has 5 heteroatoms. The summed E-state index contributed by atoms with van der Waals surface area (Å²) < 4.78 is 0. The summed E-state index contributed by atoms with van der Waals surface area (Å²) in [5.41, 5.74) is 3.65. The zero-order chi connectivity index (χ0) is 16.9. The Kier molecular flexibility index (Phi) is 7.19. The minimum atomic E-state index is -1.62. The van der Waals surface area contributed by atoms with E-state index < -0.39 is 31.0 Å². The van der Waals surface area contributed by atoms with Gasteiger partial charge in [0, 0.05) is 0 Å². The summed E-state index contributed by atoms with van der Waals surface area (Å²) in [5, 5.41) is 48.1. The van der Waals surface area contributed by atoms with Crippen LogP contribution in [0.2, 0.25) is 0 Å². The molecule has 1 unspecified atom stereocenters. The standard InChI is InChI=1S/C17H26O5/c1-4-12(8-13-6-5-10(2)7-11(13)3)15(20)17(22)16(21)14(19)9-18/h5-8,14-22H,4,9H2,1-3H3/b12-8+/t14-,15?,16-,17+/m1/s1. The van der Waals surface area contributed by atoms with Crippen LogP contribution in [0.1, 0.15) is 30.0 Å². The molecule has 0 heterocycles. The van der Waals surface area contributed by atoms with Crippen molar-refractivity contribution in [1.29, 1.82) is 0 Å². The van der Waals surface area contributed by atoms with Crippen LogP contribution < -0.4 is 0 Å². The molecule has 0 aliphatic rings. The van der Waals surface area contributed by atoms with Crippen LogP contribution in [0, 0.1) is 13.8 Å². The van der Waals surface area contributed by atoms with E-state index >= 15 is 0 Å². The van der Waals surface area contributed by atoms with Gasteiger partial charge in [0.1, 0.15) is 24.4 Å². The van der Waals surface area contributed by atoms with Crippen molar-refractivity contribution in [2.75, 3.05) is 6.61 Å². The van der Waals surface area contributed by atoms with Gasteiger partial charge in [-0.25, -0.2) is 0 Å². The third kappa shape index (κ3) is 4.63. The van der Waals surface area contributed by atoms with Crippen LogP contribution in [-0.2, 0) is 0 Å². The lowest BCUT2D eigenvalue weighted by atomic mass is 9.93. The summed E-state index contributed by atoms with van der Waals surface area (Å²) in [6, 6.07) is 5.91. The Labute approximate surface area is 131 Å². The second-order valence-corrected chi connectivity index (χ2v) is 5.61. The highest BCUT2D eigenvalue weighted by Gasteiger charge is 2.31. The lowest BCUT2D eigenvalue weighted by molar-refractivity contribution is -0.107. The summed E-state index contributed by atoms with van der Waals surface area (Å²) in [5.74, 6) is 0. The predicted molar refractivity (Wildman–Crippen MR) is 85.3 cm³/mol. The summed E-state index contributed by atoms with van der Waals surface area (Å²) in [7, 11) is 0. The van der Waals surface area contributed by atoms with E-state index in [1.165, 1.54) is 0 Å². The Morgan fingerprint density at radius 3 is 2.23 bits per heavy atom. The van der Waals surface area contributed by atoms with E-state index in [-0.39, 0.29) is 0 Å². The largest absolute Gasteiger partial charge is 0.394 e. The van der Waals surface area contributed by atoms with E-state index in [0.29, 0.717) is 12.0 Å². The molecule has 5 nitrogen and oxygen atoms in total. The van der Waals surface area contributed by atoms with Gasteiger partial charge in [-0.2, -0.15) is 0 Å².